The summed E-state index contributed by atoms with van der Waals surface area (Å²) < 4.78 is 0. The first kappa shape index (κ1) is 22.2. The summed E-state index contributed by atoms with van der Waals surface area (Å²) in [6, 6.07) is 3.24. The number of hydrogen-bond donors (Lipinski definition) is 2. The standard InChI is InChI=1S/C23H31N5O4/c1-16-7-8-18(24-14-16)25-20(30)17-6-5-12-27(15-17)19(29)9-13-28-21(31)23(26-22(28)32)10-3-2-4-11-23/h7-8,14,17H,2-6,9-13,15H2,1H3,(H,26,32)(H,24,25,30). The number of amides is 5. The summed E-state index contributed by atoms with van der Waals surface area (Å²) in [5, 5.41) is 5.70. The van der Waals surface area contributed by atoms with Crippen molar-refractivity contribution < 1.29 is 19.2 Å². The lowest BCUT2D eigenvalue weighted by molar-refractivity contribution is -0.136. The number of nitrogens with one attached hydrogen (secondary N) is 2. The Morgan fingerprint density at radius 2 is 1.97 bits per heavy atom. The second kappa shape index (κ2) is 9.26. The van der Waals surface area contributed by atoms with Crippen LogP contribution < -0.4 is 10.6 Å². The number of aryl methyl sites for hydroxylation is 1. The molecule has 0 bridgehead atoms. The van der Waals surface area contributed by atoms with Crippen LogP contribution in [0, 0.1) is 12.8 Å². The summed E-state index contributed by atoms with van der Waals surface area (Å²) in [5.41, 5.74) is 0.244. The van der Waals surface area contributed by atoms with E-state index < -0.39 is 11.6 Å². The van der Waals surface area contributed by atoms with Crippen molar-refractivity contribution in [3.8, 4) is 0 Å². The lowest BCUT2D eigenvalue weighted by Gasteiger charge is -2.32. The van der Waals surface area contributed by atoms with Crippen molar-refractivity contribution in [3.05, 3.63) is 23.9 Å². The van der Waals surface area contributed by atoms with Gasteiger partial charge in [-0.25, -0.2) is 9.78 Å². The number of pyridine rings is 1. The van der Waals surface area contributed by atoms with Gasteiger partial charge in [-0.3, -0.25) is 19.3 Å². The molecule has 1 saturated carbocycles. The Kier molecular flexibility index (Phi) is 6.43. The summed E-state index contributed by atoms with van der Waals surface area (Å²) in [4.78, 5) is 57.8. The Balaban J connectivity index is 1.29. The number of piperidine rings is 1. The molecule has 1 spiro atoms. The van der Waals surface area contributed by atoms with Gasteiger partial charge in [0, 0.05) is 32.3 Å². The van der Waals surface area contributed by atoms with Crippen LogP contribution in [0.4, 0.5) is 10.6 Å². The van der Waals surface area contributed by atoms with Crippen molar-refractivity contribution in [1.82, 2.24) is 20.1 Å². The summed E-state index contributed by atoms with van der Waals surface area (Å²) in [7, 11) is 0. The van der Waals surface area contributed by atoms with E-state index in [1.807, 2.05) is 13.0 Å². The zero-order valence-corrected chi connectivity index (χ0v) is 18.6. The van der Waals surface area contributed by atoms with Gasteiger partial charge in [-0.05, 0) is 44.2 Å². The molecular formula is C23H31N5O4. The largest absolute Gasteiger partial charge is 0.342 e. The molecule has 2 aliphatic heterocycles. The topological polar surface area (TPSA) is 112 Å². The highest BCUT2D eigenvalue weighted by Crippen LogP contribution is 2.33. The van der Waals surface area contributed by atoms with Crippen molar-refractivity contribution in [3.63, 3.8) is 0 Å². The molecule has 4 rings (SSSR count). The second-order valence-corrected chi connectivity index (χ2v) is 9.17. The number of carbonyl (C=O) groups excluding carboxylic acids is 4. The number of imide groups is 1. The molecule has 9 nitrogen and oxygen atoms in total. The minimum absolute atomic E-state index is 0.0725. The average molecular weight is 442 g/mol. The molecule has 2 N–H and O–H groups in total. The van der Waals surface area contributed by atoms with Crippen molar-refractivity contribution >= 4 is 29.6 Å². The molecule has 0 aromatic carbocycles. The minimum atomic E-state index is -0.767. The van der Waals surface area contributed by atoms with E-state index >= 15 is 0 Å². The molecule has 9 heteroatoms. The van der Waals surface area contributed by atoms with Crippen LogP contribution in [0.2, 0.25) is 0 Å². The van der Waals surface area contributed by atoms with Gasteiger partial charge in [-0.2, -0.15) is 0 Å². The number of rotatable bonds is 5. The molecule has 3 heterocycles. The van der Waals surface area contributed by atoms with Crippen molar-refractivity contribution in [2.24, 2.45) is 5.92 Å². The lowest BCUT2D eigenvalue weighted by Crippen LogP contribution is -2.48. The molecule has 1 aromatic rings. The number of likely N-dealkylation sites (tertiary alicyclic amines) is 1. The van der Waals surface area contributed by atoms with Crippen LogP contribution in [0.5, 0.6) is 0 Å². The van der Waals surface area contributed by atoms with Crippen LogP contribution in [-0.4, -0.2) is 63.7 Å². The third-order valence-corrected chi connectivity index (χ3v) is 6.81. The Morgan fingerprint density at radius 3 is 2.69 bits per heavy atom. The van der Waals surface area contributed by atoms with Gasteiger partial charge in [0.2, 0.25) is 11.8 Å². The normalized spacial score (nSPS) is 22.7. The molecule has 2 saturated heterocycles. The molecule has 0 radical (unpaired) electrons. The lowest BCUT2D eigenvalue weighted by atomic mass is 9.82. The number of hydrogen-bond acceptors (Lipinski definition) is 5. The summed E-state index contributed by atoms with van der Waals surface area (Å²) >= 11 is 0. The number of nitrogens with zero attached hydrogens (tertiary/aromatic N) is 3. The Labute approximate surface area is 187 Å². The van der Waals surface area contributed by atoms with Gasteiger partial charge in [0.1, 0.15) is 11.4 Å². The highest BCUT2D eigenvalue weighted by Gasteiger charge is 2.51. The molecule has 3 aliphatic rings. The number of anilines is 1. The van der Waals surface area contributed by atoms with E-state index in [9.17, 15) is 19.2 Å². The Morgan fingerprint density at radius 1 is 1.19 bits per heavy atom. The van der Waals surface area contributed by atoms with E-state index in [0.29, 0.717) is 38.2 Å². The van der Waals surface area contributed by atoms with Gasteiger partial charge in [0.25, 0.3) is 5.91 Å². The Hall–Kier alpha value is -2.97. The summed E-state index contributed by atoms with van der Waals surface area (Å²) in [6.45, 7) is 2.92. The molecule has 1 aromatic heterocycles. The third-order valence-electron chi connectivity index (χ3n) is 6.81. The van der Waals surface area contributed by atoms with Gasteiger partial charge in [0.15, 0.2) is 0 Å². The summed E-state index contributed by atoms with van der Waals surface area (Å²) in [5.74, 6) is -0.290. The van der Waals surface area contributed by atoms with Gasteiger partial charge in [-0.15, -0.1) is 0 Å². The van der Waals surface area contributed by atoms with E-state index in [-0.39, 0.29) is 36.6 Å². The van der Waals surface area contributed by atoms with Crippen molar-refractivity contribution in [2.75, 3.05) is 25.0 Å². The van der Waals surface area contributed by atoms with Crippen molar-refractivity contribution in [2.45, 2.75) is 63.8 Å². The van der Waals surface area contributed by atoms with Crippen LogP contribution in [0.25, 0.3) is 0 Å². The Bertz CT molecular complexity index is 894. The first-order valence-corrected chi connectivity index (χ1v) is 11.5. The van der Waals surface area contributed by atoms with E-state index in [1.165, 1.54) is 4.90 Å². The maximum atomic E-state index is 12.9. The van der Waals surface area contributed by atoms with Gasteiger partial charge in [-0.1, -0.05) is 25.3 Å². The SMILES string of the molecule is Cc1ccc(NC(=O)C2CCCN(C(=O)CCN3C(=O)NC4(CCCCC4)C3=O)C2)nc1. The van der Waals surface area contributed by atoms with E-state index in [4.69, 9.17) is 0 Å². The van der Waals surface area contributed by atoms with E-state index in [0.717, 1.165) is 31.2 Å². The summed E-state index contributed by atoms with van der Waals surface area (Å²) in [6.07, 6.45) is 7.47. The average Bonchev–Trinajstić information content (AvgIpc) is 3.02. The number of urea groups is 1. The van der Waals surface area contributed by atoms with Crippen LogP contribution in [0.15, 0.2) is 18.3 Å². The predicted molar refractivity (Wildman–Crippen MR) is 118 cm³/mol. The fourth-order valence-corrected chi connectivity index (χ4v) is 4.93. The van der Waals surface area contributed by atoms with Gasteiger partial charge >= 0.3 is 6.03 Å². The van der Waals surface area contributed by atoms with Crippen LogP contribution in [0.1, 0.15) is 56.9 Å². The van der Waals surface area contributed by atoms with Crippen LogP contribution >= 0.6 is 0 Å². The molecular weight excluding hydrogens is 410 g/mol. The zero-order valence-electron chi connectivity index (χ0n) is 18.6. The van der Waals surface area contributed by atoms with Gasteiger partial charge < -0.3 is 15.5 Å². The van der Waals surface area contributed by atoms with Crippen LogP contribution in [-0.2, 0) is 14.4 Å². The highest BCUT2D eigenvalue weighted by molar-refractivity contribution is 6.07. The highest BCUT2D eigenvalue weighted by atomic mass is 16.2. The fraction of sp³-hybridized carbons (Fsp3) is 0.609. The van der Waals surface area contributed by atoms with Gasteiger partial charge in [0.05, 0.1) is 5.92 Å². The molecule has 1 unspecified atom stereocenters. The minimum Gasteiger partial charge on any atom is -0.342 e. The fourth-order valence-electron chi connectivity index (χ4n) is 4.93. The van der Waals surface area contributed by atoms with E-state index in [2.05, 4.69) is 15.6 Å². The first-order chi connectivity index (χ1) is 15.4. The monoisotopic (exact) mass is 441 g/mol. The molecule has 5 amide bonds. The number of carbonyl (C=O) groups is 4. The molecule has 1 aliphatic carbocycles. The van der Waals surface area contributed by atoms with Crippen molar-refractivity contribution in [1.29, 1.82) is 0 Å². The quantitative estimate of drug-likeness (QED) is 0.681. The smallest absolute Gasteiger partial charge is 0.325 e. The predicted octanol–water partition coefficient (Wildman–Crippen LogP) is 2.21. The molecule has 3 fully saturated rings. The molecule has 172 valence electrons. The maximum absolute atomic E-state index is 12.9. The molecule has 1 atom stereocenters. The second-order valence-electron chi connectivity index (χ2n) is 9.17. The maximum Gasteiger partial charge on any atom is 0.325 e. The number of aromatic nitrogens is 1. The third kappa shape index (κ3) is 4.61. The van der Waals surface area contributed by atoms with E-state index in [1.54, 1.807) is 17.2 Å². The zero-order chi connectivity index (χ0) is 22.7. The van der Waals surface area contributed by atoms with Crippen LogP contribution in [0.3, 0.4) is 0 Å². The molecule has 32 heavy (non-hydrogen) atoms. The first-order valence-electron chi connectivity index (χ1n) is 11.5.